The lowest BCUT2D eigenvalue weighted by Crippen LogP contribution is -2.35. The van der Waals surface area contributed by atoms with Gasteiger partial charge in [0.05, 0.1) is 11.0 Å². The van der Waals surface area contributed by atoms with Crippen molar-refractivity contribution in [3.63, 3.8) is 0 Å². The summed E-state index contributed by atoms with van der Waals surface area (Å²) in [5.74, 6) is 3.16. The molecule has 0 amide bonds. The predicted molar refractivity (Wildman–Crippen MR) is 106 cm³/mol. The number of fused-ring (bicyclic) bond motifs is 1. The number of aryl methyl sites for hydroxylation is 3. The van der Waals surface area contributed by atoms with E-state index in [1.807, 2.05) is 6.92 Å². The Morgan fingerprint density at radius 1 is 1.00 bits per heavy atom. The van der Waals surface area contributed by atoms with Crippen molar-refractivity contribution in [1.82, 2.24) is 19.5 Å². The highest BCUT2D eigenvalue weighted by molar-refractivity contribution is 5.76. The van der Waals surface area contributed by atoms with Crippen LogP contribution in [0.1, 0.15) is 50.1 Å². The van der Waals surface area contributed by atoms with Gasteiger partial charge in [-0.2, -0.15) is 0 Å². The molecule has 0 aliphatic carbocycles. The first kappa shape index (κ1) is 17.0. The van der Waals surface area contributed by atoms with Gasteiger partial charge in [0.1, 0.15) is 17.5 Å². The van der Waals surface area contributed by atoms with Crippen molar-refractivity contribution in [1.29, 1.82) is 0 Å². The van der Waals surface area contributed by atoms with Crippen LogP contribution in [0.5, 0.6) is 0 Å². The maximum absolute atomic E-state index is 4.85. The van der Waals surface area contributed by atoms with E-state index in [4.69, 9.17) is 4.98 Å². The van der Waals surface area contributed by atoms with E-state index in [1.54, 1.807) is 0 Å². The number of imidazole rings is 1. The van der Waals surface area contributed by atoms with Gasteiger partial charge < -0.3 is 9.47 Å². The van der Waals surface area contributed by atoms with Crippen LogP contribution < -0.4 is 4.90 Å². The highest BCUT2D eigenvalue weighted by Crippen LogP contribution is 2.30. The largest absolute Gasteiger partial charge is 0.356 e. The molecular weight excluding hydrogens is 322 g/mol. The Morgan fingerprint density at radius 2 is 1.77 bits per heavy atom. The van der Waals surface area contributed by atoms with E-state index in [2.05, 4.69) is 63.6 Å². The van der Waals surface area contributed by atoms with Crippen molar-refractivity contribution < 1.29 is 0 Å². The highest BCUT2D eigenvalue weighted by Gasteiger charge is 2.25. The summed E-state index contributed by atoms with van der Waals surface area (Å²) in [6.07, 6.45) is 4.17. The van der Waals surface area contributed by atoms with E-state index in [-0.39, 0.29) is 0 Å². The second-order valence-corrected chi connectivity index (χ2v) is 7.08. The lowest BCUT2D eigenvalue weighted by molar-refractivity contribution is 0.394. The number of rotatable bonds is 4. The molecule has 1 aliphatic rings. The summed E-state index contributed by atoms with van der Waals surface area (Å²) in [5.41, 5.74) is 3.52. The summed E-state index contributed by atoms with van der Waals surface area (Å²) in [7, 11) is 0. The Morgan fingerprint density at radius 3 is 2.50 bits per heavy atom. The van der Waals surface area contributed by atoms with Gasteiger partial charge in [0.2, 0.25) is 0 Å². The third-order valence-electron chi connectivity index (χ3n) is 5.38. The van der Waals surface area contributed by atoms with E-state index in [0.717, 1.165) is 61.6 Å². The smallest absolute Gasteiger partial charge is 0.132 e. The quantitative estimate of drug-likeness (QED) is 0.711. The average Bonchev–Trinajstić information content (AvgIpc) is 3.06. The highest BCUT2D eigenvalue weighted by atomic mass is 15.2. The van der Waals surface area contributed by atoms with Crippen LogP contribution in [0.2, 0.25) is 0 Å². The second-order valence-electron chi connectivity index (χ2n) is 7.08. The molecule has 0 bridgehead atoms. The second kappa shape index (κ2) is 7.06. The normalized spacial score (nSPS) is 15.7. The van der Waals surface area contributed by atoms with E-state index in [1.165, 1.54) is 11.3 Å². The Bertz CT molecular complexity index is 906. The molecule has 3 aromatic rings. The standard InChI is InChI=1S/C21H27N5/c1-4-16-14-21(23-15(3)22-16)25-12-10-17(11-13-25)26-19-9-7-6-8-18(19)24-20(26)5-2/h6-9,14,17H,4-5,10-13H2,1-3H3. The van der Waals surface area contributed by atoms with E-state index >= 15 is 0 Å². The molecule has 0 saturated carbocycles. The van der Waals surface area contributed by atoms with E-state index < -0.39 is 0 Å². The lowest BCUT2D eigenvalue weighted by atomic mass is 10.0. The Hall–Kier alpha value is -2.43. The lowest BCUT2D eigenvalue weighted by Gasteiger charge is -2.34. The van der Waals surface area contributed by atoms with Crippen molar-refractivity contribution in [2.45, 2.75) is 52.5 Å². The SMILES string of the molecule is CCc1cc(N2CCC(n3c(CC)nc4ccccc43)CC2)nc(C)n1. The first-order valence-corrected chi connectivity index (χ1v) is 9.75. The van der Waals surface area contributed by atoms with Gasteiger partial charge in [0.15, 0.2) is 0 Å². The zero-order valence-corrected chi connectivity index (χ0v) is 15.9. The maximum atomic E-state index is 4.85. The first-order valence-electron chi connectivity index (χ1n) is 9.75. The van der Waals surface area contributed by atoms with Crippen LogP contribution in [0.25, 0.3) is 11.0 Å². The number of hydrogen-bond acceptors (Lipinski definition) is 4. The van der Waals surface area contributed by atoms with Gasteiger partial charge in [0, 0.05) is 37.3 Å². The zero-order valence-electron chi connectivity index (χ0n) is 15.9. The topological polar surface area (TPSA) is 46.8 Å². The van der Waals surface area contributed by atoms with Crippen LogP contribution in [0.3, 0.4) is 0 Å². The molecule has 0 N–H and O–H groups in total. The van der Waals surface area contributed by atoms with Crippen molar-refractivity contribution in [2.24, 2.45) is 0 Å². The molecule has 26 heavy (non-hydrogen) atoms. The van der Waals surface area contributed by atoms with Crippen LogP contribution in [-0.4, -0.2) is 32.6 Å². The predicted octanol–water partition coefficient (Wildman–Crippen LogP) is 4.10. The Balaban J connectivity index is 1.57. The van der Waals surface area contributed by atoms with Crippen LogP contribution in [0.15, 0.2) is 30.3 Å². The van der Waals surface area contributed by atoms with Gasteiger partial charge in [-0.25, -0.2) is 15.0 Å². The summed E-state index contributed by atoms with van der Waals surface area (Å²) in [6.45, 7) is 8.39. The maximum Gasteiger partial charge on any atom is 0.132 e. The van der Waals surface area contributed by atoms with Crippen molar-refractivity contribution in [3.8, 4) is 0 Å². The number of piperidine rings is 1. The molecule has 4 rings (SSSR count). The number of anilines is 1. The summed E-state index contributed by atoms with van der Waals surface area (Å²) >= 11 is 0. The fraction of sp³-hybridized carbons (Fsp3) is 0.476. The van der Waals surface area contributed by atoms with Crippen molar-refractivity contribution in [2.75, 3.05) is 18.0 Å². The fourth-order valence-corrected chi connectivity index (χ4v) is 4.06. The van der Waals surface area contributed by atoms with Crippen LogP contribution in [0, 0.1) is 6.92 Å². The number of nitrogens with zero attached hydrogens (tertiary/aromatic N) is 5. The molecule has 5 nitrogen and oxygen atoms in total. The summed E-state index contributed by atoms with van der Waals surface area (Å²) in [5, 5.41) is 0. The minimum absolute atomic E-state index is 0.516. The summed E-state index contributed by atoms with van der Waals surface area (Å²) in [6, 6.07) is 11.2. The molecule has 5 heteroatoms. The fourth-order valence-electron chi connectivity index (χ4n) is 4.06. The summed E-state index contributed by atoms with van der Waals surface area (Å²) in [4.78, 5) is 16.4. The van der Waals surface area contributed by atoms with E-state index in [0.29, 0.717) is 6.04 Å². The van der Waals surface area contributed by atoms with Gasteiger partial charge in [-0.15, -0.1) is 0 Å². The monoisotopic (exact) mass is 349 g/mol. The van der Waals surface area contributed by atoms with Crippen LogP contribution >= 0.6 is 0 Å². The van der Waals surface area contributed by atoms with Gasteiger partial charge >= 0.3 is 0 Å². The number of aromatic nitrogens is 4. The van der Waals surface area contributed by atoms with Crippen molar-refractivity contribution >= 4 is 16.9 Å². The third-order valence-corrected chi connectivity index (χ3v) is 5.38. The molecule has 0 spiro atoms. The molecule has 1 saturated heterocycles. The molecule has 2 aromatic heterocycles. The van der Waals surface area contributed by atoms with Crippen molar-refractivity contribution in [3.05, 3.63) is 47.7 Å². The van der Waals surface area contributed by atoms with Gasteiger partial charge in [-0.3, -0.25) is 0 Å². The minimum Gasteiger partial charge on any atom is -0.356 e. The molecule has 0 atom stereocenters. The molecule has 1 fully saturated rings. The Labute approximate surface area is 155 Å². The molecule has 0 unspecified atom stereocenters. The molecule has 0 radical (unpaired) electrons. The molecule has 1 aliphatic heterocycles. The molecular formula is C21H27N5. The average molecular weight is 349 g/mol. The van der Waals surface area contributed by atoms with Gasteiger partial charge in [0.25, 0.3) is 0 Å². The van der Waals surface area contributed by atoms with Gasteiger partial charge in [-0.1, -0.05) is 26.0 Å². The molecule has 3 heterocycles. The number of hydrogen-bond donors (Lipinski definition) is 0. The van der Waals surface area contributed by atoms with Crippen LogP contribution in [0.4, 0.5) is 5.82 Å². The first-order chi connectivity index (χ1) is 12.7. The third kappa shape index (κ3) is 3.06. The van der Waals surface area contributed by atoms with E-state index in [9.17, 15) is 0 Å². The Kier molecular flexibility index (Phi) is 4.62. The molecule has 1 aromatic carbocycles. The van der Waals surface area contributed by atoms with Crippen LogP contribution in [-0.2, 0) is 12.8 Å². The minimum atomic E-state index is 0.516. The number of benzene rings is 1. The summed E-state index contributed by atoms with van der Waals surface area (Å²) < 4.78 is 2.48. The van der Waals surface area contributed by atoms with Gasteiger partial charge in [-0.05, 0) is 38.3 Å². The zero-order chi connectivity index (χ0) is 18.1. The number of para-hydroxylation sites is 2. The molecule has 136 valence electrons.